The maximum Gasteiger partial charge on any atom is 0.191 e. The van der Waals surface area contributed by atoms with Crippen molar-refractivity contribution < 1.29 is 4.74 Å². The Morgan fingerprint density at radius 1 is 1.07 bits per heavy atom. The van der Waals surface area contributed by atoms with E-state index in [0.29, 0.717) is 12.2 Å². The predicted octanol–water partition coefficient (Wildman–Crippen LogP) is 3.22. The van der Waals surface area contributed by atoms with Crippen molar-refractivity contribution in [1.29, 1.82) is 0 Å². The molecule has 0 aliphatic carbocycles. The molecule has 1 saturated heterocycles. The smallest absolute Gasteiger partial charge is 0.191 e. The van der Waals surface area contributed by atoms with E-state index in [2.05, 4.69) is 76.2 Å². The topological polar surface area (TPSA) is 48.9 Å². The van der Waals surface area contributed by atoms with Gasteiger partial charge in [0, 0.05) is 38.1 Å². The zero-order valence-electron chi connectivity index (χ0n) is 16.4. The standard InChI is InChI=1S/C21H30N4OS/c1-16-13-25(14-17(2)26-16)15-19-8-6-18(7-9-19)11-23-21(22-3)24-12-20-5-4-10-27-20/h4-10,16-17H,11-15H2,1-3H3,(H2,22,23,24). The summed E-state index contributed by atoms with van der Waals surface area (Å²) in [5.41, 5.74) is 2.60. The van der Waals surface area contributed by atoms with Gasteiger partial charge in [0.1, 0.15) is 0 Å². The lowest BCUT2D eigenvalue weighted by molar-refractivity contribution is -0.0704. The molecule has 2 aromatic rings. The van der Waals surface area contributed by atoms with Crippen molar-refractivity contribution in [2.24, 2.45) is 4.99 Å². The molecule has 2 heterocycles. The van der Waals surface area contributed by atoms with E-state index in [1.165, 1.54) is 16.0 Å². The summed E-state index contributed by atoms with van der Waals surface area (Å²) in [4.78, 5) is 8.07. The fraction of sp³-hybridized carbons (Fsp3) is 0.476. The molecule has 27 heavy (non-hydrogen) atoms. The minimum atomic E-state index is 0.311. The molecule has 6 heteroatoms. The largest absolute Gasteiger partial charge is 0.373 e. The van der Waals surface area contributed by atoms with Gasteiger partial charge in [-0.25, -0.2) is 0 Å². The second kappa shape index (κ2) is 9.88. The summed E-state index contributed by atoms with van der Waals surface area (Å²) in [6.07, 6.45) is 0.622. The Morgan fingerprint density at radius 3 is 2.37 bits per heavy atom. The molecule has 0 bridgehead atoms. The molecule has 146 valence electrons. The van der Waals surface area contributed by atoms with E-state index in [-0.39, 0.29) is 0 Å². The van der Waals surface area contributed by atoms with Gasteiger partial charge in [0.25, 0.3) is 0 Å². The summed E-state index contributed by atoms with van der Waals surface area (Å²) < 4.78 is 5.82. The van der Waals surface area contributed by atoms with Crippen LogP contribution < -0.4 is 10.6 Å². The van der Waals surface area contributed by atoms with Crippen LogP contribution in [0.3, 0.4) is 0 Å². The highest BCUT2D eigenvalue weighted by Crippen LogP contribution is 2.15. The van der Waals surface area contributed by atoms with Gasteiger partial charge in [-0.2, -0.15) is 0 Å². The van der Waals surface area contributed by atoms with E-state index >= 15 is 0 Å². The first-order valence-corrected chi connectivity index (χ1v) is 10.4. The van der Waals surface area contributed by atoms with Crippen LogP contribution in [0.1, 0.15) is 29.9 Å². The summed E-state index contributed by atoms with van der Waals surface area (Å²) in [5, 5.41) is 8.81. The molecule has 0 spiro atoms. The van der Waals surface area contributed by atoms with Gasteiger partial charge >= 0.3 is 0 Å². The first-order valence-electron chi connectivity index (χ1n) is 9.55. The summed E-state index contributed by atoms with van der Waals surface area (Å²) in [7, 11) is 1.80. The molecule has 1 fully saturated rings. The second-order valence-electron chi connectivity index (χ2n) is 7.13. The van der Waals surface area contributed by atoms with E-state index in [0.717, 1.165) is 38.7 Å². The minimum absolute atomic E-state index is 0.311. The Kier molecular flexibility index (Phi) is 7.26. The second-order valence-corrected chi connectivity index (χ2v) is 8.16. The fourth-order valence-electron chi connectivity index (χ4n) is 3.42. The Hall–Kier alpha value is -1.89. The average Bonchev–Trinajstić information content (AvgIpc) is 3.16. The molecule has 2 unspecified atom stereocenters. The van der Waals surface area contributed by atoms with Crippen molar-refractivity contribution in [1.82, 2.24) is 15.5 Å². The summed E-state index contributed by atoms with van der Waals surface area (Å²) in [6.45, 7) is 8.84. The Labute approximate surface area is 166 Å². The normalized spacial score (nSPS) is 21.2. The monoisotopic (exact) mass is 386 g/mol. The Morgan fingerprint density at radius 2 is 1.74 bits per heavy atom. The number of thiophene rings is 1. The molecule has 2 atom stereocenters. The van der Waals surface area contributed by atoms with E-state index < -0.39 is 0 Å². The van der Waals surface area contributed by atoms with Crippen LogP contribution in [0, 0.1) is 0 Å². The van der Waals surface area contributed by atoms with E-state index in [4.69, 9.17) is 4.74 Å². The highest BCUT2D eigenvalue weighted by Gasteiger charge is 2.21. The molecule has 1 aromatic carbocycles. The van der Waals surface area contributed by atoms with Crippen molar-refractivity contribution in [2.75, 3.05) is 20.1 Å². The summed E-state index contributed by atoms with van der Waals surface area (Å²) in [5.74, 6) is 0.823. The summed E-state index contributed by atoms with van der Waals surface area (Å²) >= 11 is 1.75. The van der Waals surface area contributed by atoms with Gasteiger partial charge in [0.05, 0.1) is 18.8 Å². The quantitative estimate of drug-likeness (QED) is 0.591. The van der Waals surface area contributed by atoms with Crippen LogP contribution in [0.5, 0.6) is 0 Å². The molecule has 1 aliphatic rings. The van der Waals surface area contributed by atoms with E-state index in [1.807, 2.05) is 0 Å². The number of ether oxygens (including phenoxy) is 1. The van der Waals surface area contributed by atoms with Gasteiger partial charge in [-0.3, -0.25) is 9.89 Å². The molecule has 0 amide bonds. The zero-order valence-corrected chi connectivity index (χ0v) is 17.3. The third-order valence-electron chi connectivity index (χ3n) is 4.62. The van der Waals surface area contributed by atoms with Crippen molar-refractivity contribution >= 4 is 17.3 Å². The molecule has 0 radical (unpaired) electrons. The van der Waals surface area contributed by atoms with Crippen molar-refractivity contribution in [3.05, 3.63) is 57.8 Å². The molecular weight excluding hydrogens is 356 g/mol. The van der Waals surface area contributed by atoms with Gasteiger partial charge in [-0.1, -0.05) is 30.3 Å². The molecule has 5 nitrogen and oxygen atoms in total. The van der Waals surface area contributed by atoms with Crippen molar-refractivity contribution in [2.45, 2.75) is 45.7 Å². The number of hydrogen-bond donors (Lipinski definition) is 2. The van der Waals surface area contributed by atoms with Crippen LogP contribution in [0.15, 0.2) is 46.8 Å². The predicted molar refractivity (Wildman–Crippen MR) is 113 cm³/mol. The van der Waals surface area contributed by atoms with Gasteiger partial charge in [-0.05, 0) is 36.4 Å². The molecule has 0 saturated carbocycles. The number of benzene rings is 1. The fourth-order valence-corrected chi connectivity index (χ4v) is 4.07. The number of morpholine rings is 1. The van der Waals surface area contributed by atoms with E-state index in [1.54, 1.807) is 18.4 Å². The lowest BCUT2D eigenvalue weighted by Crippen LogP contribution is -2.44. The number of nitrogens with one attached hydrogen (secondary N) is 2. The van der Waals surface area contributed by atoms with Gasteiger partial charge in [-0.15, -0.1) is 11.3 Å². The summed E-state index contributed by atoms with van der Waals surface area (Å²) in [6, 6.07) is 13.0. The van der Waals surface area contributed by atoms with Crippen LogP contribution >= 0.6 is 11.3 Å². The molecule has 1 aliphatic heterocycles. The highest BCUT2D eigenvalue weighted by molar-refractivity contribution is 7.09. The molecule has 3 rings (SSSR count). The molecule has 1 aromatic heterocycles. The van der Waals surface area contributed by atoms with Crippen LogP contribution in [0.4, 0.5) is 0 Å². The average molecular weight is 387 g/mol. The van der Waals surface area contributed by atoms with Crippen LogP contribution in [0.2, 0.25) is 0 Å². The molecular formula is C21H30N4OS. The SMILES string of the molecule is CN=C(NCc1ccc(CN2CC(C)OC(C)C2)cc1)NCc1cccs1. The Balaban J connectivity index is 1.45. The Bertz CT molecular complexity index is 704. The molecule has 2 N–H and O–H groups in total. The van der Waals surface area contributed by atoms with Crippen LogP contribution in [-0.4, -0.2) is 43.2 Å². The van der Waals surface area contributed by atoms with Gasteiger partial charge in [0.15, 0.2) is 5.96 Å². The maximum atomic E-state index is 5.82. The number of hydrogen-bond acceptors (Lipinski definition) is 4. The van der Waals surface area contributed by atoms with E-state index in [9.17, 15) is 0 Å². The maximum absolute atomic E-state index is 5.82. The number of aliphatic imine (C=N–C) groups is 1. The number of guanidine groups is 1. The first kappa shape index (κ1) is 19.9. The lowest BCUT2D eigenvalue weighted by atomic mass is 10.1. The van der Waals surface area contributed by atoms with Crippen LogP contribution in [0.25, 0.3) is 0 Å². The lowest BCUT2D eigenvalue weighted by Gasteiger charge is -2.35. The van der Waals surface area contributed by atoms with Crippen LogP contribution in [-0.2, 0) is 24.4 Å². The third kappa shape index (κ3) is 6.34. The van der Waals surface area contributed by atoms with Crippen molar-refractivity contribution in [3.8, 4) is 0 Å². The third-order valence-corrected chi connectivity index (χ3v) is 5.49. The highest BCUT2D eigenvalue weighted by atomic mass is 32.1. The van der Waals surface area contributed by atoms with Crippen molar-refractivity contribution in [3.63, 3.8) is 0 Å². The zero-order chi connectivity index (χ0) is 19.1. The minimum Gasteiger partial charge on any atom is -0.373 e. The van der Waals surface area contributed by atoms with Gasteiger partial charge < -0.3 is 15.4 Å². The number of nitrogens with zero attached hydrogens (tertiary/aromatic N) is 2. The number of rotatable bonds is 6. The first-order chi connectivity index (χ1) is 13.1. The van der Waals surface area contributed by atoms with Gasteiger partial charge in [0.2, 0.25) is 0 Å².